The first kappa shape index (κ1) is 16.8. The third-order valence-electron chi connectivity index (χ3n) is 5.04. The summed E-state index contributed by atoms with van der Waals surface area (Å²) in [6, 6.07) is 0. The SMILES string of the molecule is O=S(=O)(CC1CCCCC1)NCC1(CBr)CCCCC1. The van der Waals surface area contributed by atoms with Crippen LogP contribution in [0.15, 0.2) is 0 Å². The number of sulfonamides is 1. The minimum absolute atomic E-state index is 0.151. The molecule has 2 aliphatic rings. The number of rotatable bonds is 6. The second kappa shape index (κ2) is 7.59. The summed E-state index contributed by atoms with van der Waals surface area (Å²) in [5, 5.41) is 0.909. The molecule has 0 saturated heterocycles. The standard InChI is InChI=1S/C15H28BrNO2S/c16-12-15(9-5-2-6-10-15)13-17-20(18,19)11-14-7-3-1-4-8-14/h14,17H,1-13H2. The Labute approximate surface area is 132 Å². The molecule has 0 bridgehead atoms. The molecule has 20 heavy (non-hydrogen) atoms. The highest BCUT2D eigenvalue weighted by Gasteiger charge is 2.32. The maximum Gasteiger partial charge on any atom is 0.211 e. The van der Waals surface area contributed by atoms with Crippen LogP contribution in [0.25, 0.3) is 0 Å². The summed E-state index contributed by atoms with van der Waals surface area (Å²) in [6.07, 6.45) is 11.9. The van der Waals surface area contributed by atoms with E-state index in [1.165, 1.54) is 38.5 Å². The molecule has 1 N–H and O–H groups in total. The van der Waals surface area contributed by atoms with E-state index in [1.807, 2.05) is 0 Å². The normalized spacial score (nSPS) is 24.6. The third kappa shape index (κ3) is 4.99. The largest absolute Gasteiger partial charge is 0.215 e. The lowest BCUT2D eigenvalue weighted by atomic mass is 9.76. The summed E-state index contributed by atoms with van der Waals surface area (Å²) in [4.78, 5) is 0. The van der Waals surface area contributed by atoms with Crippen molar-refractivity contribution in [3.05, 3.63) is 0 Å². The smallest absolute Gasteiger partial charge is 0.211 e. The van der Waals surface area contributed by atoms with Crippen LogP contribution in [0.4, 0.5) is 0 Å². The fraction of sp³-hybridized carbons (Fsp3) is 1.00. The number of hydrogen-bond donors (Lipinski definition) is 1. The van der Waals surface area contributed by atoms with Crippen LogP contribution in [0.1, 0.15) is 64.2 Å². The van der Waals surface area contributed by atoms with Crippen LogP contribution in [0.2, 0.25) is 0 Å². The molecule has 0 heterocycles. The monoisotopic (exact) mass is 365 g/mol. The Morgan fingerprint density at radius 1 is 1.00 bits per heavy atom. The molecule has 5 heteroatoms. The van der Waals surface area contributed by atoms with Gasteiger partial charge in [0.2, 0.25) is 10.0 Å². The van der Waals surface area contributed by atoms with Gasteiger partial charge in [-0.2, -0.15) is 0 Å². The Kier molecular flexibility index (Phi) is 6.36. The van der Waals surface area contributed by atoms with Gasteiger partial charge in [0.05, 0.1) is 5.75 Å². The van der Waals surface area contributed by atoms with E-state index in [1.54, 1.807) is 0 Å². The van der Waals surface area contributed by atoms with Crippen molar-refractivity contribution in [2.45, 2.75) is 64.2 Å². The molecule has 3 nitrogen and oxygen atoms in total. The van der Waals surface area contributed by atoms with Crippen molar-refractivity contribution in [3.63, 3.8) is 0 Å². The molecule has 118 valence electrons. The summed E-state index contributed by atoms with van der Waals surface area (Å²) in [6.45, 7) is 0.618. The van der Waals surface area contributed by atoms with Gasteiger partial charge in [0.15, 0.2) is 0 Å². The number of hydrogen-bond acceptors (Lipinski definition) is 2. The fourth-order valence-corrected chi connectivity index (χ4v) is 6.00. The van der Waals surface area contributed by atoms with Crippen LogP contribution in [0.5, 0.6) is 0 Å². The van der Waals surface area contributed by atoms with Crippen LogP contribution in [0.3, 0.4) is 0 Å². The zero-order chi connectivity index (χ0) is 14.5. The van der Waals surface area contributed by atoms with Gasteiger partial charge in [-0.05, 0) is 37.0 Å². The number of nitrogens with one attached hydrogen (secondary N) is 1. The van der Waals surface area contributed by atoms with Crippen LogP contribution in [-0.4, -0.2) is 26.0 Å². The zero-order valence-electron chi connectivity index (χ0n) is 12.4. The van der Waals surface area contributed by atoms with E-state index < -0.39 is 10.0 Å². The van der Waals surface area contributed by atoms with Crippen LogP contribution >= 0.6 is 15.9 Å². The molecule has 2 fully saturated rings. The lowest BCUT2D eigenvalue weighted by molar-refractivity contribution is 0.227. The van der Waals surface area contributed by atoms with E-state index in [4.69, 9.17) is 0 Å². The first-order valence-corrected chi connectivity index (χ1v) is 10.9. The molecule has 0 aliphatic heterocycles. The van der Waals surface area contributed by atoms with Crippen molar-refractivity contribution >= 4 is 26.0 Å². The highest BCUT2D eigenvalue weighted by molar-refractivity contribution is 9.09. The minimum Gasteiger partial charge on any atom is -0.215 e. The quantitative estimate of drug-likeness (QED) is 0.726. The summed E-state index contributed by atoms with van der Waals surface area (Å²) in [5.41, 5.74) is 0.151. The summed E-state index contributed by atoms with van der Waals surface area (Å²) in [7, 11) is -3.10. The molecule has 0 aromatic rings. The first-order chi connectivity index (χ1) is 9.55. The van der Waals surface area contributed by atoms with E-state index >= 15 is 0 Å². The number of halogens is 1. The van der Waals surface area contributed by atoms with Gasteiger partial charge in [-0.3, -0.25) is 0 Å². The average molecular weight is 366 g/mol. The van der Waals surface area contributed by atoms with Crippen molar-refractivity contribution < 1.29 is 8.42 Å². The lowest BCUT2D eigenvalue weighted by Gasteiger charge is -2.36. The zero-order valence-corrected chi connectivity index (χ0v) is 14.8. The first-order valence-electron chi connectivity index (χ1n) is 8.09. The van der Waals surface area contributed by atoms with Gasteiger partial charge in [-0.1, -0.05) is 54.5 Å². The van der Waals surface area contributed by atoms with Crippen LogP contribution in [-0.2, 0) is 10.0 Å². The lowest BCUT2D eigenvalue weighted by Crippen LogP contribution is -2.41. The molecule has 0 aromatic carbocycles. The summed E-state index contributed by atoms with van der Waals surface area (Å²) >= 11 is 3.60. The Morgan fingerprint density at radius 2 is 1.60 bits per heavy atom. The molecule has 0 unspecified atom stereocenters. The molecular formula is C15H28BrNO2S. The summed E-state index contributed by atoms with van der Waals surface area (Å²) in [5.74, 6) is 0.721. The second-order valence-corrected chi connectivity index (χ2v) is 9.21. The van der Waals surface area contributed by atoms with Crippen LogP contribution < -0.4 is 4.72 Å². The highest BCUT2D eigenvalue weighted by atomic mass is 79.9. The van der Waals surface area contributed by atoms with Gasteiger partial charge >= 0.3 is 0 Å². The van der Waals surface area contributed by atoms with Crippen molar-refractivity contribution in [1.82, 2.24) is 4.72 Å². The van der Waals surface area contributed by atoms with Crippen molar-refractivity contribution in [3.8, 4) is 0 Å². The second-order valence-electron chi connectivity index (χ2n) is 6.80. The van der Waals surface area contributed by atoms with Crippen molar-refractivity contribution in [2.24, 2.45) is 11.3 Å². The molecular weight excluding hydrogens is 338 g/mol. The molecule has 0 radical (unpaired) electrons. The van der Waals surface area contributed by atoms with E-state index in [0.717, 1.165) is 31.0 Å². The molecule has 0 amide bonds. The predicted molar refractivity (Wildman–Crippen MR) is 87.7 cm³/mol. The van der Waals surface area contributed by atoms with Gasteiger partial charge in [-0.15, -0.1) is 0 Å². The topological polar surface area (TPSA) is 46.2 Å². The predicted octanol–water partition coefficient (Wildman–Crippen LogP) is 3.83. The maximum absolute atomic E-state index is 12.3. The fourth-order valence-electron chi connectivity index (χ4n) is 3.65. The molecule has 0 aromatic heterocycles. The van der Waals surface area contributed by atoms with Gasteiger partial charge < -0.3 is 0 Å². The molecule has 2 rings (SSSR count). The van der Waals surface area contributed by atoms with Gasteiger partial charge in [0.25, 0.3) is 0 Å². The number of alkyl halides is 1. The highest BCUT2D eigenvalue weighted by Crippen LogP contribution is 2.37. The van der Waals surface area contributed by atoms with Crippen molar-refractivity contribution in [2.75, 3.05) is 17.6 Å². The molecule has 2 aliphatic carbocycles. The molecule has 0 atom stereocenters. The van der Waals surface area contributed by atoms with E-state index in [9.17, 15) is 8.42 Å². The Hall–Kier alpha value is 0.390. The van der Waals surface area contributed by atoms with Gasteiger partial charge in [0, 0.05) is 11.9 Å². The third-order valence-corrected chi connectivity index (χ3v) is 7.73. The van der Waals surface area contributed by atoms with Gasteiger partial charge in [0.1, 0.15) is 0 Å². The van der Waals surface area contributed by atoms with Crippen molar-refractivity contribution in [1.29, 1.82) is 0 Å². The Morgan fingerprint density at radius 3 is 2.20 bits per heavy atom. The van der Waals surface area contributed by atoms with E-state index in [2.05, 4.69) is 20.7 Å². The van der Waals surface area contributed by atoms with E-state index in [0.29, 0.717) is 18.2 Å². The van der Waals surface area contributed by atoms with E-state index in [-0.39, 0.29) is 5.41 Å². The summed E-state index contributed by atoms with van der Waals surface area (Å²) < 4.78 is 27.5. The minimum atomic E-state index is -3.10. The van der Waals surface area contributed by atoms with Gasteiger partial charge in [-0.25, -0.2) is 13.1 Å². The Balaban J connectivity index is 1.84. The van der Waals surface area contributed by atoms with Crippen LogP contribution in [0, 0.1) is 11.3 Å². The maximum atomic E-state index is 12.3. The average Bonchev–Trinajstić information content (AvgIpc) is 2.47. The molecule has 2 saturated carbocycles. The molecule has 0 spiro atoms. The Bertz CT molecular complexity index is 385.